The van der Waals surface area contributed by atoms with E-state index in [9.17, 15) is 5.26 Å². The molecule has 1 aliphatic heterocycles. The molecule has 0 saturated carbocycles. The normalized spacial score (nSPS) is 16.0. The van der Waals surface area contributed by atoms with Crippen LogP contribution in [0.4, 0.5) is 0 Å². The lowest BCUT2D eigenvalue weighted by Gasteiger charge is -2.25. The van der Waals surface area contributed by atoms with Crippen molar-refractivity contribution in [2.75, 3.05) is 13.7 Å². The monoisotopic (exact) mass is 404 g/mol. The highest BCUT2D eigenvalue weighted by molar-refractivity contribution is 9.10. The Labute approximate surface area is 153 Å². The molecular weight excluding hydrogens is 388 g/mol. The van der Waals surface area contributed by atoms with Crippen molar-refractivity contribution >= 4 is 15.9 Å². The number of hydrogen-bond acceptors (Lipinski definition) is 6. The summed E-state index contributed by atoms with van der Waals surface area (Å²) in [4.78, 5) is 0. The van der Waals surface area contributed by atoms with Gasteiger partial charge in [0.25, 0.3) is 0 Å². The fourth-order valence-electron chi connectivity index (χ4n) is 2.91. The minimum atomic E-state index is -0.425. The molecule has 130 valence electrons. The number of H-pyrrole nitrogens is 1. The molecule has 25 heavy (non-hydrogen) atoms. The van der Waals surface area contributed by atoms with Crippen LogP contribution >= 0.6 is 15.9 Å². The summed E-state index contributed by atoms with van der Waals surface area (Å²) >= 11 is 3.58. The molecule has 1 aliphatic rings. The molecule has 0 spiro atoms. The summed E-state index contributed by atoms with van der Waals surface area (Å²) in [6, 6.07) is 5.83. The lowest BCUT2D eigenvalue weighted by atomic mass is 9.84. The molecule has 3 rings (SSSR count). The first kappa shape index (κ1) is 17.2. The van der Waals surface area contributed by atoms with E-state index in [4.69, 9.17) is 19.9 Å². The van der Waals surface area contributed by atoms with Crippen LogP contribution in [0.2, 0.25) is 0 Å². The topological polar surface area (TPSA) is 106 Å². The highest BCUT2D eigenvalue weighted by atomic mass is 79.9. The van der Waals surface area contributed by atoms with Gasteiger partial charge in [-0.15, -0.1) is 5.10 Å². The number of hydrogen-bond donors (Lipinski definition) is 2. The van der Waals surface area contributed by atoms with Crippen LogP contribution in [0.25, 0.3) is 0 Å². The Hall–Kier alpha value is -2.66. The number of methoxy groups -OCH3 is 1. The van der Waals surface area contributed by atoms with Crippen LogP contribution in [-0.2, 0) is 0 Å². The van der Waals surface area contributed by atoms with E-state index in [1.807, 2.05) is 26.0 Å². The summed E-state index contributed by atoms with van der Waals surface area (Å²) in [5.41, 5.74) is 8.67. The number of ether oxygens (including phenoxy) is 3. The van der Waals surface area contributed by atoms with Crippen LogP contribution in [0, 0.1) is 18.3 Å². The first-order chi connectivity index (χ1) is 12.0. The number of nitrogens with zero attached hydrogens (tertiary/aromatic N) is 2. The highest BCUT2D eigenvalue weighted by Crippen LogP contribution is 2.47. The molecule has 1 aromatic heterocycles. The van der Waals surface area contributed by atoms with Crippen molar-refractivity contribution in [1.29, 1.82) is 5.26 Å². The Kier molecular flexibility index (Phi) is 4.59. The van der Waals surface area contributed by atoms with Crippen LogP contribution in [0.15, 0.2) is 28.1 Å². The van der Waals surface area contributed by atoms with E-state index in [2.05, 4.69) is 32.2 Å². The number of benzene rings is 1. The zero-order chi connectivity index (χ0) is 18.1. The van der Waals surface area contributed by atoms with E-state index in [-0.39, 0.29) is 5.88 Å². The maximum Gasteiger partial charge on any atom is 0.244 e. The zero-order valence-corrected chi connectivity index (χ0v) is 15.6. The van der Waals surface area contributed by atoms with Gasteiger partial charge < -0.3 is 19.9 Å². The van der Waals surface area contributed by atoms with E-state index in [1.54, 1.807) is 7.11 Å². The Bertz CT molecular complexity index is 898. The molecule has 0 aliphatic carbocycles. The molecule has 0 saturated heterocycles. The number of halogens is 1. The second kappa shape index (κ2) is 6.69. The Morgan fingerprint density at radius 1 is 1.44 bits per heavy atom. The Balaban J connectivity index is 2.24. The van der Waals surface area contributed by atoms with Crippen molar-refractivity contribution in [3.63, 3.8) is 0 Å². The van der Waals surface area contributed by atoms with Gasteiger partial charge in [-0.25, -0.2) is 0 Å². The number of aromatic nitrogens is 2. The van der Waals surface area contributed by atoms with E-state index >= 15 is 0 Å². The summed E-state index contributed by atoms with van der Waals surface area (Å²) in [6.07, 6.45) is 0. The number of aryl methyl sites for hydroxylation is 1. The molecule has 8 heteroatoms. The summed E-state index contributed by atoms with van der Waals surface area (Å²) in [6.45, 7) is 4.29. The SMILES string of the molecule is CCOc1cc(Br)c([C@@H]2C(C#N)=C(N)Oc3n[nH]c(C)c32)cc1OC. The standard InChI is InChI=1S/C17H17BrN4O3/c1-4-24-13-6-11(18)9(5-12(13)23-3)15-10(7-19)16(20)25-17-14(15)8(2)21-22-17/h5-6,15H,4,20H2,1-3H3,(H,21,22)/t15-/m1/s1. The van der Waals surface area contributed by atoms with E-state index in [0.717, 1.165) is 21.3 Å². The van der Waals surface area contributed by atoms with Gasteiger partial charge in [0.2, 0.25) is 11.8 Å². The second-order valence-corrected chi connectivity index (χ2v) is 6.30. The second-order valence-electron chi connectivity index (χ2n) is 5.45. The average Bonchev–Trinajstić information content (AvgIpc) is 2.95. The molecule has 7 nitrogen and oxygen atoms in total. The molecule has 0 radical (unpaired) electrons. The van der Waals surface area contributed by atoms with Gasteiger partial charge >= 0.3 is 0 Å². The van der Waals surface area contributed by atoms with E-state index in [1.165, 1.54) is 0 Å². The molecule has 0 unspecified atom stereocenters. The van der Waals surface area contributed by atoms with E-state index < -0.39 is 5.92 Å². The smallest absolute Gasteiger partial charge is 0.244 e. The molecule has 0 amide bonds. The predicted octanol–water partition coefficient (Wildman–Crippen LogP) is 3.11. The van der Waals surface area contributed by atoms with Crippen LogP contribution in [0.3, 0.4) is 0 Å². The lowest BCUT2D eigenvalue weighted by Crippen LogP contribution is -2.21. The molecule has 2 heterocycles. The number of nitrogens with one attached hydrogen (secondary N) is 1. The van der Waals surface area contributed by atoms with Crippen molar-refractivity contribution in [3.8, 4) is 23.4 Å². The largest absolute Gasteiger partial charge is 0.493 e. The van der Waals surface area contributed by atoms with Gasteiger partial charge in [0.05, 0.1) is 19.6 Å². The molecule has 0 bridgehead atoms. The van der Waals surface area contributed by atoms with E-state index in [0.29, 0.717) is 29.6 Å². The first-order valence-corrected chi connectivity index (χ1v) is 8.43. The van der Waals surface area contributed by atoms with Crippen molar-refractivity contribution in [2.24, 2.45) is 5.73 Å². The van der Waals surface area contributed by atoms with Crippen LogP contribution < -0.4 is 19.9 Å². The first-order valence-electron chi connectivity index (χ1n) is 7.64. The van der Waals surface area contributed by atoms with Gasteiger partial charge in [-0.1, -0.05) is 15.9 Å². The molecule has 1 aromatic carbocycles. The van der Waals surface area contributed by atoms with Crippen molar-refractivity contribution in [2.45, 2.75) is 19.8 Å². The minimum absolute atomic E-state index is 0.0475. The third-order valence-corrected chi connectivity index (χ3v) is 4.71. The third kappa shape index (κ3) is 2.81. The van der Waals surface area contributed by atoms with Crippen LogP contribution in [0.1, 0.15) is 29.7 Å². The van der Waals surface area contributed by atoms with Gasteiger partial charge in [0.1, 0.15) is 11.6 Å². The number of aromatic amines is 1. The Morgan fingerprint density at radius 3 is 2.84 bits per heavy atom. The third-order valence-electron chi connectivity index (χ3n) is 4.02. The minimum Gasteiger partial charge on any atom is -0.493 e. The fraction of sp³-hybridized carbons (Fsp3) is 0.294. The van der Waals surface area contributed by atoms with Gasteiger partial charge in [-0.2, -0.15) is 5.26 Å². The van der Waals surface area contributed by atoms with Crippen molar-refractivity contribution in [1.82, 2.24) is 10.2 Å². The molecule has 2 aromatic rings. The maximum atomic E-state index is 9.63. The fourth-order valence-corrected chi connectivity index (χ4v) is 3.46. The van der Waals surface area contributed by atoms with Crippen LogP contribution in [0.5, 0.6) is 17.4 Å². The van der Waals surface area contributed by atoms with Gasteiger partial charge in [-0.3, -0.25) is 5.10 Å². The molecular formula is C17H17BrN4O3. The Morgan fingerprint density at radius 2 is 2.20 bits per heavy atom. The number of fused-ring (bicyclic) bond motifs is 1. The number of rotatable bonds is 4. The van der Waals surface area contributed by atoms with Crippen LogP contribution in [-0.4, -0.2) is 23.9 Å². The molecule has 3 N–H and O–H groups in total. The van der Waals surface area contributed by atoms with Crippen molar-refractivity contribution in [3.05, 3.63) is 44.9 Å². The summed E-state index contributed by atoms with van der Waals surface area (Å²) in [5, 5.41) is 16.6. The summed E-state index contributed by atoms with van der Waals surface area (Å²) in [7, 11) is 1.57. The number of allylic oxidation sites excluding steroid dienone is 1. The summed E-state index contributed by atoms with van der Waals surface area (Å²) in [5.74, 6) is 1.19. The molecule has 0 fully saturated rings. The van der Waals surface area contributed by atoms with Gasteiger partial charge in [0.15, 0.2) is 11.5 Å². The quantitative estimate of drug-likeness (QED) is 0.810. The van der Waals surface area contributed by atoms with Gasteiger partial charge in [-0.05, 0) is 31.5 Å². The zero-order valence-electron chi connectivity index (χ0n) is 14.0. The lowest BCUT2D eigenvalue weighted by molar-refractivity contribution is 0.310. The number of nitrogens with two attached hydrogens (primary N) is 1. The highest BCUT2D eigenvalue weighted by Gasteiger charge is 2.35. The summed E-state index contributed by atoms with van der Waals surface area (Å²) < 4.78 is 17.3. The molecule has 1 atom stereocenters. The van der Waals surface area contributed by atoms with Gasteiger partial charge in [0, 0.05) is 15.7 Å². The predicted molar refractivity (Wildman–Crippen MR) is 94.5 cm³/mol. The average molecular weight is 405 g/mol. The van der Waals surface area contributed by atoms with Crippen molar-refractivity contribution < 1.29 is 14.2 Å². The number of nitriles is 1. The maximum absolute atomic E-state index is 9.63.